The Morgan fingerprint density at radius 1 is 1.28 bits per heavy atom. The highest BCUT2D eigenvalue weighted by Crippen LogP contribution is 2.28. The molecule has 3 aromatic rings. The highest BCUT2D eigenvalue weighted by atomic mass is 32.2. The Morgan fingerprint density at radius 3 is 2.69 bits per heavy atom. The highest BCUT2D eigenvalue weighted by molar-refractivity contribution is 8.00. The number of H-pyrrole nitrogens is 2. The van der Waals surface area contributed by atoms with Crippen molar-refractivity contribution in [1.29, 1.82) is 0 Å². The fourth-order valence-electron chi connectivity index (χ4n) is 2.99. The molecular formula is C20H21FN4O3S. The number of nitrogens with one attached hydrogen (secondary N) is 2. The summed E-state index contributed by atoms with van der Waals surface area (Å²) in [5.74, 6) is -0.764. The van der Waals surface area contributed by atoms with Gasteiger partial charge in [-0.05, 0) is 45.4 Å². The van der Waals surface area contributed by atoms with Gasteiger partial charge in [0.25, 0.3) is 0 Å². The molecule has 0 radical (unpaired) electrons. The highest BCUT2D eigenvalue weighted by Gasteiger charge is 2.27. The van der Waals surface area contributed by atoms with Crippen LogP contribution in [0.3, 0.4) is 0 Å². The van der Waals surface area contributed by atoms with Gasteiger partial charge in [-0.25, -0.2) is 14.2 Å². The molecule has 3 rings (SSSR count). The molecule has 0 unspecified atom stereocenters. The molecule has 0 aliphatic carbocycles. The van der Waals surface area contributed by atoms with Crippen LogP contribution in [-0.2, 0) is 4.74 Å². The fraction of sp³-hybridized carbons (Fsp3) is 0.300. The largest absolute Gasteiger partial charge is 0.462 e. The van der Waals surface area contributed by atoms with Crippen LogP contribution in [0.1, 0.15) is 46.0 Å². The SMILES string of the molecule is CCOC(=O)c1c(C)[nH]c(C(=O)[C@H](C)Sc2n[nH]c(-c3ccccc3F)n2)c1C. The van der Waals surface area contributed by atoms with Gasteiger partial charge in [0.15, 0.2) is 11.6 Å². The number of rotatable bonds is 7. The van der Waals surface area contributed by atoms with Crippen molar-refractivity contribution in [3.05, 3.63) is 52.6 Å². The molecule has 2 N–H and O–H groups in total. The number of esters is 1. The molecule has 0 spiro atoms. The number of aryl methyl sites for hydroxylation is 1. The lowest BCUT2D eigenvalue weighted by molar-refractivity contribution is 0.0525. The van der Waals surface area contributed by atoms with Crippen LogP contribution in [0.25, 0.3) is 11.4 Å². The molecule has 0 saturated carbocycles. The van der Waals surface area contributed by atoms with Gasteiger partial charge in [-0.1, -0.05) is 23.9 Å². The van der Waals surface area contributed by atoms with Crippen LogP contribution in [0.2, 0.25) is 0 Å². The molecular weight excluding hydrogens is 395 g/mol. The van der Waals surface area contributed by atoms with Gasteiger partial charge in [-0.15, -0.1) is 5.10 Å². The third kappa shape index (κ3) is 4.24. The molecule has 152 valence electrons. The minimum absolute atomic E-state index is 0.191. The first-order valence-electron chi connectivity index (χ1n) is 9.07. The summed E-state index contributed by atoms with van der Waals surface area (Å²) in [5.41, 5.74) is 2.19. The third-order valence-electron chi connectivity index (χ3n) is 4.41. The Labute approximate surface area is 171 Å². The van der Waals surface area contributed by atoms with E-state index < -0.39 is 17.0 Å². The average molecular weight is 416 g/mol. The van der Waals surface area contributed by atoms with Gasteiger partial charge in [0.1, 0.15) is 5.82 Å². The van der Waals surface area contributed by atoms with E-state index in [1.165, 1.54) is 6.07 Å². The second-order valence-electron chi connectivity index (χ2n) is 6.42. The van der Waals surface area contributed by atoms with Crippen LogP contribution in [0.15, 0.2) is 29.4 Å². The quantitative estimate of drug-likeness (QED) is 0.342. The lowest BCUT2D eigenvalue weighted by Crippen LogP contribution is -2.16. The van der Waals surface area contributed by atoms with Gasteiger partial charge in [0.05, 0.1) is 28.7 Å². The van der Waals surface area contributed by atoms with Gasteiger partial charge in [-0.3, -0.25) is 9.89 Å². The van der Waals surface area contributed by atoms with Gasteiger partial charge in [0, 0.05) is 5.69 Å². The molecule has 0 saturated heterocycles. The zero-order chi connectivity index (χ0) is 21.1. The summed E-state index contributed by atoms with van der Waals surface area (Å²) in [5, 5.41) is 6.58. The Balaban J connectivity index is 1.78. The third-order valence-corrected chi connectivity index (χ3v) is 5.37. The minimum atomic E-state index is -0.522. The number of benzene rings is 1. The topological polar surface area (TPSA) is 101 Å². The summed E-state index contributed by atoms with van der Waals surface area (Å²) in [6.07, 6.45) is 0. The van der Waals surface area contributed by atoms with Crippen molar-refractivity contribution in [1.82, 2.24) is 20.2 Å². The molecule has 7 nitrogen and oxygen atoms in total. The monoisotopic (exact) mass is 416 g/mol. The predicted molar refractivity (Wildman–Crippen MR) is 108 cm³/mol. The number of hydrogen-bond acceptors (Lipinski definition) is 6. The molecule has 2 aromatic heterocycles. The van der Waals surface area contributed by atoms with Crippen molar-refractivity contribution in [2.75, 3.05) is 6.61 Å². The van der Waals surface area contributed by atoms with Crippen molar-refractivity contribution >= 4 is 23.5 Å². The van der Waals surface area contributed by atoms with Gasteiger partial charge >= 0.3 is 5.97 Å². The van der Waals surface area contributed by atoms with Crippen LogP contribution in [-0.4, -0.2) is 43.8 Å². The Morgan fingerprint density at radius 2 is 2.00 bits per heavy atom. The second kappa shape index (κ2) is 8.60. The van der Waals surface area contributed by atoms with Crippen molar-refractivity contribution < 1.29 is 18.7 Å². The number of ketones is 1. The minimum Gasteiger partial charge on any atom is -0.462 e. The Kier molecular flexibility index (Phi) is 6.17. The van der Waals surface area contributed by atoms with Gasteiger partial charge in [0.2, 0.25) is 5.16 Å². The van der Waals surface area contributed by atoms with E-state index in [-0.39, 0.29) is 12.4 Å². The van der Waals surface area contributed by atoms with Crippen molar-refractivity contribution in [2.24, 2.45) is 0 Å². The van der Waals surface area contributed by atoms with Crippen molar-refractivity contribution in [3.63, 3.8) is 0 Å². The maximum Gasteiger partial charge on any atom is 0.340 e. The molecule has 29 heavy (non-hydrogen) atoms. The van der Waals surface area contributed by atoms with E-state index in [1.807, 2.05) is 0 Å². The number of ether oxygens (including phenoxy) is 1. The summed E-state index contributed by atoms with van der Waals surface area (Å²) in [7, 11) is 0. The zero-order valence-electron chi connectivity index (χ0n) is 16.5. The normalized spacial score (nSPS) is 12.0. The first-order chi connectivity index (χ1) is 13.8. The molecule has 1 atom stereocenters. The maximum atomic E-state index is 13.9. The van der Waals surface area contributed by atoms with Crippen molar-refractivity contribution in [3.8, 4) is 11.4 Å². The molecule has 0 fully saturated rings. The van der Waals surface area contributed by atoms with Crippen LogP contribution in [0.5, 0.6) is 0 Å². The molecule has 0 aliphatic heterocycles. The molecule has 0 amide bonds. The van der Waals surface area contributed by atoms with Crippen LogP contribution >= 0.6 is 11.8 Å². The van der Waals surface area contributed by atoms with E-state index in [4.69, 9.17) is 4.74 Å². The number of halogens is 1. The first kappa shape index (κ1) is 20.8. The summed E-state index contributed by atoms with van der Waals surface area (Å²) in [6, 6.07) is 6.24. The number of Topliss-reactive ketones (excluding diaryl/α,β-unsaturated/α-hetero) is 1. The summed E-state index contributed by atoms with van der Waals surface area (Å²) in [6.45, 7) is 7.15. The van der Waals surface area contributed by atoms with Gasteiger partial charge in [-0.2, -0.15) is 0 Å². The molecule has 0 aliphatic rings. The van der Waals surface area contributed by atoms with Crippen molar-refractivity contribution in [2.45, 2.75) is 38.1 Å². The molecule has 2 heterocycles. The van der Waals surface area contributed by atoms with Crippen LogP contribution in [0.4, 0.5) is 4.39 Å². The van der Waals surface area contributed by atoms with Gasteiger partial charge < -0.3 is 9.72 Å². The van der Waals surface area contributed by atoms with E-state index >= 15 is 0 Å². The standard InChI is InChI=1S/C20H21FN4O3S/c1-5-28-19(27)15-10(2)16(22-11(15)3)17(26)12(4)29-20-23-18(24-25-20)13-8-6-7-9-14(13)21/h6-9,12,22H,5H2,1-4H3,(H,23,24,25)/t12-/m0/s1. The van der Waals surface area contributed by atoms with E-state index in [9.17, 15) is 14.0 Å². The smallest absolute Gasteiger partial charge is 0.340 e. The number of aromatic amines is 2. The number of hydrogen-bond donors (Lipinski definition) is 2. The number of aromatic nitrogens is 4. The zero-order valence-corrected chi connectivity index (χ0v) is 17.3. The van der Waals surface area contributed by atoms with E-state index in [0.29, 0.717) is 39.1 Å². The Bertz CT molecular complexity index is 1060. The average Bonchev–Trinajstić information content (AvgIpc) is 3.25. The maximum absolute atomic E-state index is 13.9. The molecule has 0 bridgehead atoms. The summed E-state index contributed by atoms with van der Waals surface area (Å²) in [4.78, 5) is 32.3. The lowest BCUT2D eigenvalue weighted by atomic mass is 10.1. The predicted octanol–water partition coefficient (Wildman–Crippen LogP) is 4.10. The molecule has 9 heteroatoms. The Hall–Kier alpha value is -2.94. The van der Waals surface area contributed by atoms with E-state index in [0.717, 1.165) is 11.8 Å². The molecule has 1 aromatic carbocycles. The van der Waals surface area contributed by atoms with E-state index in [1.54, 1.807) is 45.9 Å². The van der Waals surface area contributed by atoms with Crippen LogP contribution in [0, 0.1) is 19.7 Å². The lowest BCUT2D eigenvalue weighted by Gasteiger charge is -2.07. The number of carbonyl (C=O) groups is 2. The number of nitrogens with zero attached hydrogens (tertiary/aromatic N) is 2. The summed E-state index contributed by atoms with van der Waals surface area (Å²) < 4.78 is 19.0. The van der Waals surface area contributed by atoms with Crippen LogP contribution < -0.4 is 0 Å². The first-order valence-corrected chi connectivity index (χ1v) is 9.95. The second-order valence-corrected chi connectivity index (χ2v) is 7.72. The number of thioether (sulfide) groups is 1. The summed E-state index contributed by atoms with van der Waals surface area (Å²) >= 11 is 1.15. The number of carbonyl (C=O) groups excluding carboxylic acids is 2. The fourth-order valence-corrected chi connectivity index (χ4v) is 3.78. The van der Waals surface area contributed by atoms with E-state index in [2.05, 4.69) is 20.2 Å².